The molecule has 2 aromatic heterocycles. The van der Waals surface area contributed by atoms with Gasteiger partial charge in [-0.25, -0.2) is 5.43 Å². The first-order chi connectivity index (χ1) is 10.2. The number of rotatable bonds is 5. The van der Waals surface area contributed by atoms with Crippen molar-refractivity contribution in [3.8, 4) is 0 Å². The highest BCUT2D eigenvalue weighted by Gasteiger charge is 2.18. The quantitative estimate of drug-likeness (QED) is 0.548. The molecular weight excluding hydrogens is 332 g/mol. The Morgan fingerprint density at radius 2 is 2.14 bits per heavy atom. The van der Waals surface area contributed by atoms with Crippen LogP contribution in [-0.4, -0.2) is 9.78 Å². The largest absolute Gasteiger partial charge is 0.453 e. The Kier molecular flexibility index (Phi) is 4.10. The second-order valence-corrected chi connectivity index (χ2v) is 5.63. The number of aryl methyl sites for hydroxylation is 1. The van der Waals surface area contributed by atoms with E-state index >= 15 is 0 Å². The SMILES string of the molecule is CCn1nc(CC(NN)c2ccc(Br)o2)c2ccccc21. The number of halogens is 1. The maximum atomic E-state index is 5.69. The molecule has 0 bridgehead atoms. The molecule has 0 radical (unpaired) electrons. The van der Waals surface area contributed by atoms with Crippen molar-refractivity contribution in [2.45, 2.75) is 25.9 Å². The van der Waals surface area contributed by atoms with E-state index in [9.17, 15) is 0 Å². The van der Waals surface area contributed by atoms with Crippen LogP contribution in [0.1, 0.15) is 24.4 Å². The Bertz CT molecular complexity index is 749. The highest BCUT2D eigenvalue weighted by molar-refractivity contribution is 9.10. The number of benzene rings is 1. The van der Waals surface area contributed by atoms with Crippen LogP contribution in [0.25, 0.3) is 10.9 Å². The minimum absolute atomic E-state index is 0.111. The van der Waals surface area contributed by atoms with Gasteiger partial charge in [-0.05, 0) is 41.1 Å². The van der Waals surface area contributed by atoms with Crippen molar-refractivity contribution in [1.82, 2.24) is 15.2 Å². The van der Waals surface area contributed by atoms with E-state index in [0.717, 1.165) is 28.9 Å². The van der Waals surface area contributed by atoms with E-state index in [-0.39, 0.29) is 6.04 Å². The van der Waals surface area contributed by atoms with E-state index in [4.69, 9.17) is 15.4 Å². The third-order valence-electron chi connectivity index (χ3n) is 3.57. The third kappa shape index (κ3) is 2.74. The molecule has 3 N–H and O–H groups in total. The van der Waals surface area contributed by atoms with Gasteiger partial charge in [0.15, 0.2) is 4.67 Å². The Morgan fingerprint density at radius 3 is 2.81 bits per heavy atom. The number of nitrogens with zero attached hydrogens (tertiary/aromatic N) is 2. The fraction of sp³-hybridized carbons (Fsp3) is 0.267. The van der Waals surface area contributed by atoms with Crippen molar-refractivity contribution in [2.24, 2.45) is 5.84 Å². The van der Waals surface area contributed by atoms with Crippen molar-refractivity contribution in [3.63, 3.8) is 0 Å². The average Bonchev–Trinajstić information content (AvgIpc) is 3.09. The van der Waals surface area contributed by atoms with Crippen LogP contribution in [0.3, 0.4) is 0 Å². The number of aromatic nitrogens is 2. The van der Waals surface area contributed by atoms with Gasteiger partial charge < -0.3 is 4.42 Å². The predicted molar refractivity (Wildman–Crippen MR) is 85.6 cm³/mol. The van der Waals surface area contributed by atoms with Gasteiger partial charge in [0.25, 0.3) is 0 Å². The zero-order chi connectivity index (χ0) is 14.8. The van der Waals surface area contributed by atoms with Gasteiger partial charge in [0.05, 0.1) is 17.3 Å². The van der Waals surface area contributed by atoms with E-state index in [1.807, 2.05) is 28.9 Å². The molecule has 0 aliphatic rings. The molecule has 5 nitrogen and oxygen atoms in total. The summed E-state index contributed by atoms with van der Waals surface area (Å²) in [5.74, 6) is 6.48. The fourth-order valence-electron chi connectivity index (χ4n) is 2.54. The van der Waals surface area contributed by atoms with Gasteiger partial charge in [0.1, 0.15) is 5.76 Å². The lowest BCUT2D eigenvalue weighted by molar-refractivity contribution is 0.402. The minimum atomic E-state index is -0.111. The van der Waals surface area contributed by atoms with E-state index < -0.39 is 0 Å². The summed E-state index contributed by atoms with van der Waals surface area (Å²) in [5, 5.41) is 5.85. The molecule has 0 aliphatic heterocycles. The van der Waals surface area contributed by atoms with E-state index in [1.54, 1.807) is 0 Å². The summed E-state index contributed by atoms with van der Waals surface area (Å²) in [6.45, 7) is 2.93. The summed E-state index contributed by atoms with van der Waals surface area (Å²) in [5.41, 5.74) is 4.97. The molecule has 3 aromatic rings. The van der Waals surface area contributed by atoms with Crippen LogP contribution in [0.4, 0.5) is 0 Å². The summed E-state index contributed by atoms with van der Waals surface area (Å²) < 4.78 is 8.30. The maximum Gasteiger partial charge on any atom is 0.169 e. The predicted octanol–water partition coefficient (Wildman–Crippen LogP) is 3.16. The summed E-state index contributed by atoms with van der Waals surface area (Å²) in [4.78, 5) is 0. The number of furan rings is 1. The van der Waals surface area contributed by atoms with Crippen molar-refractivity contribution >= 4 is 26.8 Å². The highest BCUT2D eigenvalue weighted by Crippen LogP contribution is 2.26. The van der Waals surface area contributed by atoms with Gasteiger partial charge in [0.2, 0.25) is 0 Å². The van der Waals surface area contributed by atoms with E-state index in [1.165, 1.54) is 0 Å². The highest BCUT2D eigenvalue weighted by atomic mass is 79.9. The lowest BCUT2D eigenvalue weighted by atomic mass is 10.1. The molecule has 110 valence electrons. The number of hydrazine groups is 1. The zero-order valence-corrected chi connectivity index (χ0v) is 13.3. The molecule has 1 aromatic carbocycles. The van der Waals surface area contributed by atoms with Gasteiger partial charge in [0, 0.05) is 18.4 Å². The Labute approximate surface area is 131 Å². The second kappa shape index (κ2) is 6.01. The van der Waals surface area contributed by atoms with Crippen molar-refractivity contribution in [3.05, 3.63) is 52.5 Å². The van der Waals surface area contributed by atoms with Gasteiger partial charge in [-0.15, -0.1) is 0 Å². The summed E-state index contributed by atoms with van der Waals surface area (Å²) >= 11 is 3.32. The lowest BCUT2D eigenvalue weighted by Crippen LogP contribution is -2.29. The van der Waals surface area contributed by atoms with Crippen molar-refractivity contribution in [1.29, 1.82) is 0 Å². The number of nitrogens with two attached hydrogens (primary N) is 1. The summed E-state index contributed by atoms with van der Waals surface area (Å²) in [7, 11) is 0. The van der Waals surface area contributed by atoms with Gasteiger partial charge in [-0.3, -0.25) is 10.5 Å². The molecular formula is C15H17BrN4O. The zero-order valence-electron chi connectivity index (χ0n) is 11.7. The van der Waals surface area contributed by atoms with Crippen molar-refractivity contribution < 1.29 is 4.42 Å². The molecule has 1 unspecified atom stereocenters. The molecule has 1 atom stereocenters. The monoisotopic (exact) mass is 348 g/mol. The summed E-state index contributed by atoms with van der Waals surface area (Å²) in [6, 6.07) is 11.9. The van der Waals surface area contributed by atoms with Crippen LogP contribution < -0.4 is 11.3 Å². The Hall–Kier alpha value is -1.63. The van der Waals surface area contributed by atoms with Crippen molar-refractivity contribution in [2.75, 3.05) is 0 Å². The smallest absolute Gasteiger partial charge is 0.169 e. The van der Waals surface area contributed by atoms with E-state index in [0.29, 0.717) is 11.1 Å². The van der Waals surface area contributed by atoms with Gasteiger partial charge in [-0.1, -0.05) is 18.2 Å². The molecule has 0 fully saturated rings. The molecule has 6 heteroatoms. The molecule has 0 amide bonds. The van der Waals surface area contributed by atoms with E-state index in [2.05, 4.69) is 40.4 Å². The Morgan fingerprint density at radius 1 is 1.33 bits per heavy atom. The average molecular weight is 349 g/mol. The Balaban J connectivity index is 1.97. The van der Waals surface area contributed by atoms with Crippen LogP contribution in [0.5, 0.6) is 0 Å². The second-order valence-electron chi connectivity index (χ2n) is 4.84. The first kappa shape index (κ1) is 14.3. The third-order valence-corrected chi connectivity index (χ3v) is 4.00. The molecule has 0 spiro atoms. The van der Waals surface area contributed by atoms with Gasteiger partial charge in [-0.2, -0.15) is 5.10 Å². The molecule has 3 rings (SSSR count). The molecule has 0 saturated heterocycles. The number of hydrogen-bond acceptors (Lipinski definition) is 4. The molecule has 21 heavy (non-hydrogen) atoms. The normalized spacial score (nSPS) is 12.9. The number of para-hydroxylation sites is 1. The summed E-state index contributed by atoms with van der Waals surface area (Å²) in [6.07, 6.45) is 0.671. The molecule has 0 aliphatic carbocycles. The minimum Gasteiger partial charge on any atom is -0.453 e. The topological polar surface area (TPSA) is 69.0 Å². The fourth-order valence-corrected chi connectivity index (χ4v) is 2.86. The number of fused-ring (bicyclic) bond motifs is 1. The number of hydrogen-bond donors (Lipinski definition) is 2. The molecule has 2 heterocycles. The molecule has 0 saturated carbocycles. The maximum absolute atomic E-state index is 5.69. The number of nitrogens with one attached hydrogen (secondary N) is 1. The van der Waals surface area contributed by atoms with Crippen LogP contribution in [0.2, 0.25) is 0 Å². The van der Waals surface area contributed by atoms with Gasteiger partial charge >= 0.3 is 0 Å². The van der Waals surface area contributed by atoms with Crippen LogP contribution in [0, 0.1) is 0 Å². The van der Waals surface area contributed by atoms with Crippen LogP contribution in [-0.2, 0) is 13.0 Å². The first-order valence-electron chi connectivity index (χ1n) is 6.88. The lowest BCUT2D eigenvalue weighted by Gasteiger charge is -2.11. The van der Waals surface area contributed by atoms with Crippen LogP contribution >= 0.6 is 15.9 Å². The van der Waals surface area contributed by atoms with Crippen LogP contribution in [0.15, 0.2) is 45.5 Å². The first-order valence-corrected chi connectivity index (χ1v) is 7.68. The standard InChI is InChI=1S/C15H17BrN4O/c1-2-20-13-6-4-3-5-10(13)11(19-20)9-12(18-17)14-7-8-15(16)21-14/h3-8,12,18H,2,9,17H2,1H3.